The topological polar surface area (TPSA) is 139 Å². The van der Waals surface area contributed by atoms with Gasteiger partial charge in [0.05, 0.1) is 9.85 Å². The predicted molar refractivity (Wildman–Crippen MR) is 128 cm³/mol. The van der Waals surface area contributed by atoms with E-state index in [1.54, 1.807) is 17.0 Å². The van der Waals surface area contributed by atoms with Crippen LogP contribution in [-0.2, 0) is 20.9 Å². The van der Waals surface area contributed by atoms with Crippen molar-refractivity contribution in [1.82, 2.24) is 20.2 Å². The minimum absolute atomic E-state index is 0.0896. The number of nitrogens with zero attached hydrogens (tertiary/aromatic N) is 3. The zero-order valence-electron chi connectivity index (χ0n) is 18.3. The number of hydrogen-bond donors (Lipinski definition) is 3. The number of amides is 2. The molecule has 0 saturated carbocycles. The third-order valence-corrected chi connectivity index (χ3v) is 6.15. The molecule has 1 aliphatic rings. The fourth-order valence-electron chi connectivity index (χ4n) is 3.27. The summed E-state index contributed by atoms with van der Waals surface area (Å²) in [5, 5.41) is 10.7. The molecule has 1 fully saturated rings. The van der Waals surface area contributed by atoms with Crippen molar-refractivity contribution in [3.05, 3.63) is 57.5 Å². The van der Waals surface area contributed by atoms with Gasteiger partial charge in [-0.05, 0) is 42.3 Å². The summed E-state index contributed by atoms with van der Waals surface area (Å²) >= 11 is 7.26. The second-order valence-corrected chi connectivity index (χ2v) is 9.24. The summed E-state index contributed by atoms with van der Waals surface area (Å²) in [6.45, 7) is 1.03. The monoisotopic (exact) mass is 541 g/mol. The second-order valence-electron chi connectivity index (χ2n) is 7.50. The van der Waals surface area contributed by atoms with Gasteiger partial charge in [-0.15, -0.1) is 11.3 Å². The lowest BCUT2D eigenvalue weighted by atomic mass is 10.1. The normalized spacial score (nSPS) is 15.7. The Hall–Kier alpha value is -3.71. The number of carbonyl (C=O) groups excluding carboxylic acids is 2. The number of alkyl halides is 3. The molecule has 36 heavy (non-hydrogen) atoms. The SMILES string of the molecule is Nc1ncnc2cc(CN3CC[C@@H](NC(=O)C=Cc4ccc(Cl)s4)C3=O)ccc12.O=C(O)C(F)(F)F. The maximum atomic E-state index is 12.7. The van der Waals surface area contributed by atoms with Gasteiger partial charge in [-0.3, -0.25) is 9.59 Å². The molecule has 0 radical (unpaired) electrons. The second kappa shape index (κ2) is 11.4. The van der Waals surface area contributed by atoms with E-state index in [-0.39, 0.29) is 11.8 Å². The van der Waals surface area contributed by atoms with Gasteiger partial charge in [0, 0.05) is 29.4 Å². The molecule has 190 valence electrons. The number of thiophene rings is 1. The standard InChI is InChI=1S/C20H18ClN5O2S.C2HF3O2/c21-17-5-2-13(29-17)3-6-18(27)25-15-7-8-26(20(15)28)10-12-1-4-14-16(9-12)23-11-24-19(14)22;3-2(4,5)1(6)7/h1-6,9,11,15H,7-8,10H2,(H,25,27)(H2,22,23,24);(H,6,7)/t15-;/m1./s1. The molecule has 0 spiro atoms. The minimum atomic E-state index is -5.08. The highest BCUT2D eigenvalue weighted by atomic mass is 35.5. The Morgan fingerprint density at radius 3 is 2.64 bits per heavy atom. The largest absolute Gasteiger partial charge is 0.490 e. The highest BCUT2D eigenvalue weighted by Crippen LogP contribution is 2.23. The number of carbonyl (C=O) groups is 3. The molecule has 2 amide bonds. The number of benzene rings is 1. The van der Waals surface area contributed by atoms with Gasteiger partial charge >= 0.3 is 12.1 Å². The molecule has 9 nitrogen and oxygen atoms in total. The molecule has 4 N–H and O–H groups in total. The molecule has 1 atom stereocenters. The number of aliphatic carboxylic acids is 1. The molecule has 3 aromatic rings. The van der Waals surface area contributed by atoms with Gasteiger partial charge in [-0.1, -0.05) is 17.7 Å². The summed E-state index contributed by atoms with van der Waals surface area (Å²) in [5.41, 5.74) is 7.54. The number of halogens is 4. The molecule has 1 saturated heterocycles. The first-order valence-corrected chi connectivity index (χ1v) is 11.5. The summed E-state index contributed by atoms with van der Waals surface area (Å²) in [7, 11) is 0. The van der Waals surface area contributed by atoms with Gasteiger partial charge < -0.3 is 21.1 Å². The van der Waals surface area contributed by atoms with Crippen molar-refractivity contribution in [3.63, 3.8) is 0 Å². The quantitative estimate of drug-likeness (QED) is 0.420. The van der Waals surface area contributed by atoms with Gasteiger partial charge in [-0.25, -0.2) is 14.8 Å². The molecule has 2 aromatic heterocycles. The van der Waals surface area contributed by atoms with Crippen molar-refractivity contribution in [2.45, 2.75) is 25.2 Å². The fourth-order valence-corrected chi connectivity index (χ4v) is 4.23. The van der Waals surface area contributed by atoms with E-state index < -0.39 is 18.2 Å². The Morgan fingerprint density at radius 2 is 2.00 bits per heavy atom. The number of rotatable bonds is 5. The van der Waals surface area contributed by atoms with Gasteiger partial charge in [0.2, 0.25) is 11.8 Å². The van der Waals surface area contributed by atoms with Crippen LogP contribution in [0.3, 0.4) is 0 Å². The van der Waals surface area contributed by atoms with E-state index in [1.165, 1.54) is 23.7 Å². The number of aromatic nitrogens is 2. The Morgan fingerprint density at radius 1 is 1.28 bits per heavy atom. The summed E-state index contributed by atoms with van der Waals surface area (Å²) in [5.74, 6) is -2.72. The van der Waals surface area contributed by atoms with Crippen molar-refractivity contribution in [3.8, 4) is 0 Å². The van der Waals surface area contributed by atoms with Crippen LogP contribution >= 0.6 is 22.9 Å². The summed E-state index contributed by atoms with van der Waals surface area (Å²) in [6, 6.07) is 8.77. The number of fused-ring (bicyclic) bond motifs is 1. The Labute approximate surface area is 211 Å². The van der Waals surface area contributed by atoms with Gasteiger partial charge in [0.15, 0.2) is 0 Å². The predicted octanol–water partition coefficient (Wildman–Crippen LogP) is 3.49. The van der Waals surface area contributed by atoms with E-state index in [0.717, 1.165) is 21.3 Å². The van der Waals surface area contributed by atoms with Crippen LogP contribution in [0.2, 0.25) is 4.34 Å². The van der Waals surface area contributed by atoms with Crippen LogP contribution in [0.15, 0.2) is 42.7 Å². The number of carboxylic acids is 1. The van der Waals surface area contributed by atoms with Crippen LogP contribution in [0, 0.1) is 0 Å². The third kappa shape index (κ3) is 7.15. The lowest BCUT2D eigenvalue weighted by Crippen LogP contribution is -2.40. The van der Waals surface area contributed by atoms with Gasteiger partial charge in [-0.2, -0.15) is 13.2 Å². The number of carboxylic acid groups (broad SMARTS) is 1. The van der Waals surface area contributed by atoms with Crippen molar-refractivity contribution < 1.29 is 32.7 Å². The van der Waals surface area contributed by atoms with Crippen LogP contribution in [0.25, 0.3) is 17.0 Å². The molecule has 0 aliphatic carbocycles. The Balaban J connectivity index is 0.000000454. The highest BCUT2D eigenvalue weighted by molar-refractivity contribution is 7.17. The lowest BCUT2D eigenvalue weighted by Gasteiger charge is -2.17. The number of hydrogen-bond acceptors (Lipinski definition) is 7. The maximum Gasteiger partial charge on any atom is 0.490 e. The smallest absolute Gasteiger partial charge is 0.475 e. The van der Waals surface area contributed by atoms with E-state index in [1.807, 2.05) is 24.3 Å². The number of nitrogens with one attached hydrogen (secondary N) is 1. The Bertz CT molecular complexity index is 1310. The van der Waals surface area contributed by atoms with Gasteiger partial charge in [0.1, 0.15) is 18.2 Å². The average Bonchev–Trinajstić information content (AvgIpc) is 3.38. The van der Waals surface area contributed by atoms with Crippen molar-refractivity contribution in [2.24, 2.45) is 0 Å². The maximum absolute atomic E-state index is 12.7. The van der Waals surface area contributed by atoms with E-state index >= 15 is 0 Å². The number of nitrogen functional groups attached to an aromatic ring is 1. The molecule has 1 aliphatic heterocycles. The first-order valence-electron chi connectivity index (χ1n) is 10.3. The summed E-state index contributed by atoms with van der Waals surface area (Å²) in [4.78, 5) is 44.5. The molecule has 4 rings (SSSR count). The number of nitrogens with two attached hydrogens (primary N) is 1. The molecule has 1 aromatic carbocycles. The van der Waals surface area contributed by atoms with Gasteiger partial charge in [0.25, 0.3) is 0 Å². The van der Waals surface area contributed by atoms with E-state index in [9.17, 15) is 22.8 Å². The first kappa shape index (κ1) is 26.9. The number of anilines is 1. The Kier molecular flexibility index (Phi) is 8.48. The third-order valence-electron chi connectivity index (χ3n) is 4.95. The zero-order valence-corrected chi connectivity index (χ0v) is 19.9. The highest BCUT2D eigenvalue weighted by Gasteiger charge is 2.38. The van der Waals surface area contributed by atoms with Crippen molar-refractivity contribution >= 4 is 63.5 Å². The summed E-state index contributed by atoms with van der Waals surface area (Å²) in [6.07, 6.45) is 0.0227. The molecular formula is C22H19ClF3N5O4S. The molecule has 0 bridgehead atoms. The first-order chi connectivity index (χ1) is 16.9. The van der Waals surface area contributed by atoms with Crippen LogP contribution in [-0.4, -0.2) is 56.5 Å². The van der Waals surface area contributed by atoms with Crippen LogP contribution in [0.1, 0.15) is 16.9 Å². The average molecular weight is 542 g/mol. The molecule has 3 heterocycles. The zero-order chi connectivity index (χ0) is 26.5. The van der Waals surface area contributed by atoms with Crippen molar-refractivity contribution in [2.75, 3.05) is 12.3 Å². The molecule has 14 heteroatoms. The molecule has 0 unspecified atom stereocenters. The lowest BCUT2D eigenvalue weighted by molar-refractivity contribution is -0.192. The number of likely N-dealkylation sites (tertiary alicyclic amines) is 1. The van der Waals surface area contributed by atoms with Crippen LogP contribution in [0.4, 0.5) is 19.0 Å². The minimum Gasteiger partial charge on any atom is -0.475 e. The van der Waals surface area contributed by atoms with Crippen molar-refractivity contribution in [1.29, 1.82) is 0 Å². The van der Waals surface area contributed by atoms with E-state index in [0.29, 0.717) is 29.7 Å². The fraction of sp³-hybridized carbons (Fsp3) is 0.227. The van der Waals surface area contributed by atoms with E-state index in [4.69, 9.17) is 27.2 Å². The van der Waals surface area contributed by atoms with Crippen LogP contribution in [0.5, 0.6) is 0 Å². The van der Waals surface area contributed by atoms with E-state index in [2.05, 4.69) is 15.3 Å². The van der Waals surface area contributed by atoms with Crippen LogP contribution < -0.4 is 11.1 Å². The summed E-state index contributed by atoms with van der Waals surface area (Å²) < 4.78 is 32.4. The molecular weight excluding hydrogens is 523 g/mol.